The highest BCUT2D eigenvalue weighted by atomic mass is 35.5. The molecule has 1 aliphatic heterocycles. The van der Waals surface area contributed by atoms with Crippen molar-refractivity contribution in [1.29, 1.82) is 0 Å². The molecule has 6 heteroatoms. The molecule has 4 nitrogen and oxygen atoms in total. The van der Waals surface area contributed by atoms with Gasteiger partial charge in [0.1, 0.15) is 0 Å². The smallest absolute Gasteiger partial charge is 0.241 e. The summed E-state index contributed by atoms with van der Waals surface area (Å²) in [5, 5.41) is 3.91. The highest BCUT2D eigenvalue weighted by molar-refractivity contribution is 6.36. The summed E-state index contributed by atoms with van der Waals surface area (Å²) in [4.78, 5) is 14.9. The van der Waals surface area contributed by atoms with Gasteiger partial charge in [-0.05, 0) is 56.6 Å². The normalized spacial score (nSPS) is 19.4. The number of hydrogen-bond acceptors (Lipinski definition) is 2. The van der Waals surface area contributed by atoms with Crippen LogP contribution in [0.1, 0.15) is 31.5 Å². The Morgan fingerprint density at radius 1 is 1.33 bits per heavy atom. The van der Waals surface area contributed by atoms with Gasteiger partial charge >= 0.3 is 0 Å². The molecule has 0 unspecified atom stereocenters. The number of aromatic nitrogens is 1. The van der Waals surface area contributed by atoms with Crippen LogP contribution in [0.25, 0.3) is 0 Å². The lowest BCUT2D eigenvalue weighted by atomic mass is 10.1. The predicted octanol–water partition coefficient (Wildman–Crippen LogP) is 4.50. The maximum absolute atomic E-state index is 12.7. The zero-order valence-electron chi connectivity index (χ0n) is 13.8. The Labute approximate surface area is 152 Å². The molecule has 0 saturated carbocycles. The molecule has 2 atom stereocenters. The largest absolute Gasteiger partial charge is 0.353 e. The fraction of sp³-hybridized carbons (Fsp3) is 0.389. The Morgan fingerprint density at radius 3 is 2.79 bits per heavy atom. The van der Waals surface area contributed by atoms with E-state index in [0.717, 1.165) is 19.4 Å². The van der Waals surface area contributed by atoms with Gasteiger partial charge in [0.15, 0.2) is 0 Å². The Bertz CT molecular complexity index is 744. The van der Waals surface area contributed by atoms with E-state index in [0.29, 0.717) is 15.7 Å². The molecule has 1 aromatic carbocycles. The fourth-order valence-corrected chi connectivity index (χ4v) is 3.83. The van der Waals surface area contributed by atoms with E-state index in [1.807, 2.05) is 26.2 Å². The highest BCUT2D eigenvalue weighted by Crippen LogP contribution is 2.34. The van der Waals surface area contributed by atoms with Crippen LogP contribution in [0.15, 0.2) is 36.5 Å². The van der Waals surface area contributed by atoms with Crippen LogP contribution in [-0.4, -0.2) is 28.0 Å². The summed E-state index contributed by atoms with van der Waals surface area (Å²) < 4.78 is 2.13. The number of aryl methyl sites for hydroxylation is 1. The van der Waals surface area contributed by atoms with Crippen molar-refractivity contribution < 1.29 is 4.79 Å². The number of halogens is 2. The van der Waals surface area contributed by atoms with Crippen molar-refractivity contribution in [2.45, 2.75) is 31.8 Å². The number of amides is 1. The molecule has 1 N–H and O–H groups in total. The van der Waals surface area contributed by atoms with Gasteiger partial charge in [-0.25, -0.2) is 0 Å². The molecule has 0 bridgehead atoms. The summed E-state index contributed by atoms with van der Waals surface area (Å²) in [5.74, 6) is -0.0552. The lowest BCUT2D eigenvalue weighted by Gasteiger charge is -2.30. The number of rotatable bonds is 4. The number of nitrogens with zero attached hydrogens (tertiary/aromatic N) is 2. The standard InChI is InChI=1S/C18H21Cl2N3O/c1-12(18(24)21-15-8-7-13(19)11-14(15)20)23-10-4-6-17(23)16-5-3-9-22(16)2/h3,5,7-9,11-12,17H,4,6,10H2,1-2H3,(H,21,24)/t12-,17-/m1/s1. The summed E-state index contributed by atoms with van der Waals surface area (Å²) in [6, 6.07) is 9.29. The Hall–Kier alpha value is -1.49. The van der Waals surface area contributed by atoms with Crippen LogP contribution >= 0.6 is 23.2 Å². The van der Waals surface area contributed by atoms with Gasteiger partial charge in [-0.2, -0.15) is 0 Å². The van der Waals surface area contributed by atoms with Crippen LogP contribution in [0.5, 0.6) is 0 Å². The van der Waals surface area contributed by atoms with Crippen LogP contribution in [-0.2, 0) is 11.8 Å². The maximum atomic E-state index is 12.7. The first kappa shape index (κ1) is 17.3. The molecule has 1 amide bonds. The van der Waals surface area contributed by atoms with Gasteiger partial charge in [-0.1, -0.05) is 23.2 Å². The number of carbonyl (C=O) groups is 1. The van der Waals surface area contributed by atoms with E-state index >= 15 is 0 Å². The Morgan fingerprint density at radius 2 is 2.12 bits per heavy atom. The van der Waals surface area contributed by atoms with Crippen molar-refractivity contribution in [2.75, 3.05) is 11.9 Å². The van der Waals surface area contributed by atoms with Crippen molar-refractivity contribution in [3.63, 3.8) is 0 Å². The van der Waals surface area contributed by atoms with Crippen molar-refractivity contribution in [2.24, 2.45) is 7.05 Å². The summed E-state index contributed by atoms with van der Waals surface area (Å²) >= 11 is 12.1. The van der Waals surface area contributed by atoms with E-state index in [-0.39, 0.29) is 18.0 Å². The molecule has 1 aromatic heterocycles. The third-order valence-electron chi connectivity index (χ3n) is 4.69. The van der Waals surface area contributed by atoms with Gasteiger partial charge in [0.25, 0.3) is 0 Å². The number of nitrogens with one attached hydrogen (secondary N) is 1. The Balaban J connectivity index is 1.74. The van der Waals surface area contributed by atoms with E-state index in [9.17, 15) is 4.79 Å². The number of anilines is 1. The molecule has 0 aliphatic carbocycles. The summed E-state index contributed by atoms with van der Waals surface area (Å²) in [6.45, 7) is 2.86. The van der Waals surface area contributed by atoms with Crippen molar-refractivity contribution in [1.82, 2.24) is 9.47 Å². The molecule has 0 spiro atoms. The molecule has 2 heterocycles. The molecule has 128 valence electrons. The molecule has 1 saturated heterocycles. The van der Waals surface area contributed by atoms with Crippen LogP contribution in [0.4, 0.5) is 5.69 Å². The minimum atomic E-state index is -0.237. The molecule has 24 heavy (non-hydrogen) atoms. The van der Waals surface area contributed by atoms with Gasteiger partial charge in [0, 0.05) is 24.0 Å². The van der Waals surface area contributed by atoms with Crippen LogP contribution in [0.2, 0.25) is 10.0 Å². The zero-order chi connectivity index (χ0) is 17.3. The van der Waals surface area contributed by atoms with E-state index in [2.05, 4.69) is 20.9 Å². The average molecular weight is 366 g/mol. The quantitative estimate of drug-likeness (QED) is 0.865. The van der Waals surface area contributed by atoms with Crippen molar-refractivity contribution in [3.05, 3.63) is 52.3 Å². The summed E-state index contributed by atoms with van der Waals surface area (Å²) in [6.07, 6.45) is 4.20. The highest BCUT2D eigenvalue weighted by Gasteiger charge is 2.34. The Kier molecular flexibility index (Phi) is 5.18. The monoisotopic (exact) mass is 365 g/mol. The minimum Gasteiger partial charge on any atom is -0.353 e. The number of hydrogen-bond donors (Lipinski definition) is 1. The number of likely N-dealkylation sites (tertiary alicyclic amines) is 1. The second-order valence-corrected chi connectivity index (χ2v) is 7.07. The third-order valence-corrected chi connectivity index (χ3v) is 5.23. The second-order valence-electron chi connectivity index (χ2n) is 6.23. The first-order valence-corrected chi connectivity index (χ1v) is 8.86. The van der Waals surface area contributed by atoms with E-state index < -0.39 is 0 Å². The molecule has 3 rings (SSSR count). The molecule has 0 radical (unpaired) electrons. The molecular weight excluding hydrogens is 345 g/mol. The van der Waals surface area contributed by atoms with E-state index in [4.69, 9.17) is 23.2 Å². The average Bonchev–Trinajstić information content (AvgIpc) is 3.17. The van der Waals surface area contributed by atoms with Gasteiger partial charge in [-0.3, -0.25) is 9.69 Å². The number of carbonyl (C=O) groups excluding carboxylic acids is 1. The third kappa shape index (κ3) is 3.46. The SMILES string of the molecule is C[C@H](C(=O)Nc1ccc(Cl)cc1Cl)N1CCC[C@@H]1c1cccn1C. The zero-order valence-corrected chi connectivity index (χ0v) is 15.3. The number of benzene rings is 1. The molecule has 2 aromatic rings. The van der Waals surface area contributed by atoms with Gasteiger partial charge in [0.05, 0.1) is 22.8 Å². The second kappa shape index (κ2) is 7.18. The van der Waals surface area contributed by atoms with Crippen LogP contribution < -0.4 is 5.32 Å². The molecular formula is C18H21Cl2N3O. The van der Waals surface area contributed by atoms with Gasteiger partial charge in [0.2, 0.25) is 5.91 Å². The van der Waals surface area contributed by atoms with Crippen LogP contribution in [0.3, 0.4) is 0 Å². The lowest BCUT2D eigenvalue weighted by molar-refractivity contribution is -0.121. The van der Waals surface area contributed by atoms with Crippen molar-refractivity contribution >= 4 is 34.8 Å². The van der Waals surface area contributed by atoms with E-state index in [1.54, 1.807) is 18.2 Å². The van der Waals surface area contributed by atoms with Gasteiger partial charge < -0.3 is 9.88 Å². The summed E-state index contributed by atoms with van der Waals surface area (Å²) in [7, 11) is 2.05. The van der Waals surface area contributed by atoms with Crippen molar-refractivity contribution in [3.8, 4) is 0 Å². The first-order chi connectivity index (χ1) is 11.5. The molecule has 1 fully saturated rings. The lowest BCUT2D eigenvalue weighted by Crippen LogP contribution is -2.42. The fourth-order valence-electron chi connectivity index (χ4n) is 3.37. The first-order valence-electron chi connectivity index (χ1n) is 8.10. The topological polar surface area (TPSA) is 37.3 Å². The minimum absolute atomic E-state index is 0.0552. The van der Waals surface area contributed by atoms with Crippen LogP contribution in [0, 0.1) is 0 Å². The maximum Gasteiger partial charge on any atom is 0.241 e. The molecule has 1 aliphatic rings. The predicted molar refractivity (Wildman–Crippen MR) is 98.6 cm³/mol. The van der Waals surface area contributed by atoms with E-state index in [1.165, 1.54) is 5.69 Å². The van der Waals surface area contributed by atoms with Gasteiger partial charge in [-0.15, -0.1) is 0 Å². The summed E-state index contributed by atoms with van der Waals surface area (Å²) in [5.41, 5.74) is 1.84.